The van der Waals surface area contributed by atoms with Crippen LogP contribution in [0.5, 0.6) is 5.75 Å². The third-order valence-corrected chi connectivity index (χ3v) is 3.35. The van der Waals surface area contributed by atoms with E-state index in [1.807, 2.05) is 11.8 Å². The van der Waals surface area contributed by atoms with Gasteiger partial charge in [-0.1, -0.05) is 0 Å². The molecule has 0 radical (unpaired) electrons. The number of nitro benzene ring substituents is 1. The van der Waals surface area contributed by atoms with Crippen molar-refractivity contribution in [2.75, 3.05) is 37.7 Å². The van der Waals surface area contributed by atoms with Crippen LogP contribution in [0.2, 0.25) is 0 Å². The van der Waals surface area contributed by atoms with Crippen molar-refractivity contribution in [2.24, 2.45) is 0 Å². The van der Waals surface area contributed by atoms with Gasteiger partial charge in [0, 0.05) is 38.3 Å². The zero-order valence-corrected chi connectivity index (χ0v) is 11.7. The monoisotopic (exact) mass is 295 g/mol. The standard InChI is InChI=1S/C13H17N3O5/c1-2-21-10-3-4-11(16(19)20)12(9-10)14-5-7-15(8-6-14)13(17)18/h3-4,9H,2,5-8H2,1H3,(H,17,18). The molecule has 1 saturated heterocycles. The average molecular weight is 295 g/mol. The zero-order chi connectivity index (χ0) is 15.4. The van der Waals surface area contributed by atoms with Crippen LogP contribution in [0.15, 0.2) is 18.2 Å². The zero-order valence-electron chi connectivity index (χ0n) is 11.7. The molecule has 0 saturated carbocycles. The Morgan fingerprint density at radius 2 is 2.05 bits per heavy atom. The maximum atomic E-state index is 11.1. The molecule has 8 heteroatoms. The van der Waals surface area contributed by atoms with E-state index in [9.17, 15) is 14.9 Å². The van der Waals surface area contributed by atoms with Gasteiger partial charge in [0.2, 0.25) is 0 Å². The van der Waals surface area contributed by atoms with Crippen molar-refractivity contribution in [3.8, 4) is 5.75 Å². The Bertz CT molecular complexity index is 541. The minimum absolute atomic E-state index is 0.00206. The van der Waals surface area contributed by atoms with E-state index in [0.717, 1.165) is 0 Å². The molecule has 2 rings (SSSR count). The number of amides is 1. The van der Waals surface area contributed by atoms with E-state index in [2.05, 4.69) is 0 Å². The summed E-state index contributed by atoms with van der Waals surface area (Å²) in [7, 11) is 0. The molecule has 0 bridgehead atoms. The lowest BCUT2D eigenvalue weighted by Crippen LogP contribution is -2.48. The van der Waals surface area contributed by atoms with Gasteiger partial charge in [0.1, 0.15) is 11.4 Å². The van der Waals surface area contributed by atoms with Gasteiger partial charge in [-0.25, -0.2) is 4.79 Å². The highest BCUT2D eigenvalue weighted by atomic mass is 16.6. The molecule has 0 aliphatic carbocycles. The fourth-order valence-electron chi connectivity index (χ4n) is 2.31. The van der Waals surface area contributed by atoms with Gasteiger partial charge in [-0.15, -0.1) is 0 Å². The van der Waals surface area contributed by atoms with Crippen molar-refractivity contribution in [3.05, 3.63) is 28.3 Å². The molecule has 114 valence electrons. The van der Waals surface area contributed by atoms with Crippen molar-refractivity contribution < 1.29 is 19.6 Å². The van der Waals surface area contributed by atoms with Gasteiger partial charge in [0.25, 0.3) is 5.69 Å². The van der Waals surface area contributed by atoms with Crippen LogP contribution in [0.25, 0.3) is 0 Å². The first-order valence-electron chi connectivity index (χ1n) is 6.67. The fourth-order valence-corrected chi connectivity index (χ4v) is 2.31. The summed E-state index contributed by atoms with van der Waals surface area (Å²) in [5, 5.41) is 20.1. The number of carboxylic acid groups (broad SMARTS) is 1. The van der Waals surface area contributed by atoms with Crippen molar-refractivity contribution in [2.45, 2.75) is 6.92 Å². The molecule has 1 amide bonds. The minimum Gasteiger partial charge on any atom is -0.494 e. The van der Waals surface area contributed by atoms with Crippen LogP contribution >= 0.6 is 0 Å². The fraction of sp³-hybridized carbons (Fsp3) is 0.462. The summed E-state index contributed by atoms with van der Waals surface area (Å²) in [5.41, 5.74) is 0.471. The van der Waals surface area contributed by atoms with E-state index >= 15 is 0 Å². The molecular weight excluding hydrogens is 278 g/mol. The molecule has 21 heavy (non-hydrogen) atoms. The number of benzene rings is 1. The molecule has 1 N–H and O–H groups in total. The molecule has 1 aromatic carbocycles. The second kappa shape index (κ2) is 6.29. The van der Waals surface area contributed by atoms with Crippen LogP contribution in [0.1, 0.15) is 6.92 Å². The van der Waals surface area contributed by atoms with Gasteiger partial charge < -0.3 is 19.6 Å². The van der Waals surface area contributed by atoms with Crippen LogP contribution in [0.3, 0.4) is 0 Å². The van der Waals surface area contributed by atoms with Crippen LogP contribution in [-0.2, 0) is 0 Å². The van der Waals surface area contributed by atoms with E-state index in [1.165, 1.54) is 11.0 Å². The van der Waals surface area contributed by atoms with Gasteiger partial charge >= 0.3 is 6.09 Å². The van der Waals surface area contributed by atoms with Crippen molar-refractivity contribution >= 4 is 17.5 Å². The number of nitrogens with zero attached hydrogens (tertiary/aromatic N) is 3. The van der Waals surface area contributed by atoms with Gasteiger partial charge in [-0.2, -0.15) is 0 Å². The minimum atomic E-state index is -0.966. The molecule has 1 aromatic rings. The van der Waals surface area contributed by atoms with Crippen molar-refractivity contribution in [1.29, 1.82) is 0 Å². The van der Waals surface area contributed by atoms with E-state index < -0.39 is 11.0 Å². The van der Waals surface area contributed by atoms with Crippen LogP contribution in [0.4, 0.5) is 16.2 Å². The number of carbonyl (C=O) groups is 1. The topological polar surface area (TPSA) is 96.2 Å². The van der Waals surface area contributed by atoms with Crippen LogP contribution in [-0.4, -0.2) is 53.8 Å². The molecule has 1 aliphatic heterocycles. The van der Waals surface area contributed by atoms with Crippen molar-refractivity contribution in [1.82, 2.24) is 4.90 Å². The predicted molar refractivity (Wildman–Crippen MR) is 76.1 cm³/mol. The van der Waals surface area contributed by atoms with Gasteiger partial charge in [0.15, 0.2) is 0 Å². The molecule has 8 nitrogen and oxygen atoms in total. The van der Waals surface area contributed by atoms with Gasteiger partial charge in [0.05, 0.1) is 11.5 Å². The molecule has 0 spiro atoms. The predicted octanol–water partition coefficient (Wildman–Crippen LogP) is 1.79. The lowest BCUT2D eigenvalue weighted by atomic mass is 10.2. The molecule has 0 unspecified atom stereocenters. The second-order valence-corrected chi connectivity index (χ2v) is 4.60. The first kappa shape index (κ1) is 14.9. The molecule has 1 aliphatic rings. The van der Waals surface area contributed by atoms with E-state index in [4.69, 9.17) is 9.84 Å². The summed E-state index contributed by atoms with van der Waals surface area (Å²) in [6, 6.07) is 4.63. The number of ether oxygens (including phenoxy) is 1. The van der Waals surface area contributed by atoms with Crippen LogP contribution in [0, 0.1) is 10.1 Å². The molecule has 1 fully saturated rings. The SMILES string of the molecule is CCOc1ccc([N+](=O)[O-])c(N2CCN(C(=O)O)CC2)c1. The lowest BCUT2D eigenvalue weighted by molar-refractivity contribution is -0.384. The number of rotatable bonds is 4. The highest BCUT2D eigenvalue weighted by Crippen LogP contribution is 2.32. The molecule has 1 heterocycles. The van der Waals surface area contributed by atoms with Gasteiger partial charge in [-0.3, -0.25) is 10.1 Å². The van der Waals surface area contributed by atoms with E-state index in [1.54, 1.807) is 12.1 Å². The Morgan fingerprint density at radius 3 is 2.57 bits per heavy atom. The highest BCUT2D eigenvalue weighted by Gasteiger charge is 2.26. The number of nitro groups is 1. The van der Waals surface area contributed by atoms with E-state index in [-0.39, 0.29) is 5.69 Å². The van der Waals surface area contributed by atoms with E-state index in [0.29, 0.717) is 44.2 Å². The molecule has 0 atom stereocenters. The third kappa shape index (κ3) is 3.33. The number of hydrogen-bond donors (Lipinski definition) is 1. The average Bonchev–Trinajstić information content (AvgIpc) is 2.47. The Hall–Kier alpha value is -2.51. The quantitative estimate of drug-likeness (QED) is 0.672. The summed E-state index contributed by atoms with van der Waals surface area (Å²) < 4.78 is 5.38. The maximum absolute atomic E-state index is 11.1. The number of piperazine rings is 1. The van der Waals surface area contributed by atoms with Gasteiger partial charge in [-0.05, 0) is 13.0 Å². The normalized spacial score (nSPS) is 14.9. The number of anilines is 1. The Kier molecular flexibility index (Phi) is 4.46. The summed E-state index contributed by atoms with van der Waals surface area (Å²) in [5.74, 6) is 0.568. The number of hydrogen-bond acceptors (Lipinski definition) is 5. The summed E-state index contributed by atoms with van der Waals surface area (Å²) in [6.07, 6.45) is -0.966. The Morgan fingerprint density at radius 1 is 1.38 bits per heavy atom. The first-order chi connectivity index (χ1) is 10.0. The highest BCUT2D eigenvalue weighted by molar-refractivity contribution is 5.68. The second-order valence-electron chi connectivity index (χ2n) is 4.60. The first-order valence-corrected chi connectivity index (χ1v) is 6.67. The largest absolute Gasteiger partial charge is 0.494 e. The Balaban J connectivity index is 2.23. The van der Waals surface area contributed by atoms with Crippen LogP contribution < -0.4 is 9.64 Å². The molecular formula is C13H17N3O5. The maximum Gasteiger partial charge on any atom is 0.407 e. The summed E-state index contributed by atoms with van der Waals surface area (Å²) in [4.78, 5) is 24.7. The lowest BCUT2D eigenvalue weighted by Gasteiger charge is -2.34. The van der Waals surface area contributed by atoms with Crippen molar-refractivity contribution in [3.63, 3.8) is 0 Å². The third-order valence-electron chi connectivity index (χ3n) is 3.35. The Labute approximate surface area is 121 Å². The molecule has 0 aromatic heterocycles. The smallest absolute Gasteiger partial charge is 0.407 e. The summed E-state index contributed by atoms with van der Waals surface area (Å²) in [6.45, 7) is 3.80. The summed E-state index contributed by atoms with van der Waals surface area (Å²) >= 11 is 0.